The van der Waals surface area contributed by atoms with Crippen LogP contribution in [0, 0.1) is 0 Å². The fourth-order valence-corrected chi connectivity index (χ4v) is 2.75. The quantitative estimate of drug-likeness (QED) is 0.783. The number of fused-ring (bicyclic) bond motifs is 1. The molecule has 0 aliphatic carbocycles. The summed E-state index contributed by atoms with van der Waals surface area (Å²) in [5.41, 5.74) is 7.43. The van der Waals surface area contributed by atoms with Gasteiger partial charge in [0.15, 0.2) is 0 Å². The maximum absolute atomic E-state index is 12.4. The highest BCUT2D eigenvalue weighted by atomic mass is 16.5. The average Bonchev–Trinajstić information content (AvgIpc) is 2.88. The summed E-state index contributed by atoms with van der Waals surface area (Å²) in [4.78, 5) is 36.8. The number of anilines is 1. The molecule has 0 unspecified atom stereocenters. The lowest BCUT2D eigenvalue weighted by Crippen LogP contribution is -2.32. The number of nitrogens with two attached hydrogens (primary N) is 1. The molecule has 0 fully saturated rings. The maximum Gasteiger partial charge on any atom is 0.259 e. The average molecular weight is 365 g/mol. The van der Waals surface area contributed by atoms with E-state index >= 15 is 0 Å². The van der Waals surface area contributed by atoms with Crippen LogP contribution in [0.25, 0.3) is 5.70 Å². The fraction of sp³-hybridized carbons (Fsp3) is 0.150. The van der Waals surface area contributed by atoms with Gasteiger partial charge in [-0.05, 0) is 30.3 Å². The van der Waals surface area contributed by atoms with Gasteiger partial charge in [0.05, 0.1) is 13.0 Å². The van der Waals surface area contributed by atoms with Crippen LogP contribution in [-0.2, 0) is 9.59 Å². The van der Waals surface area contributed by atoms with E-state index in [0.29, 0.717) is 22.7 Å². The highest BCUT2D eigenvalue weighted by molar-refractivity contribution is 6.11. The molecule has 0 saturated carbocycles. The lowest BCUT2D eigenvalue weighted by Gasteiger charge is -2.17. The molecule has 0 saturated heterocycles. The predicted molar refractivity (Wildman–Crippen MR) is 101 cm³/mol. The van der Waals surface area contributed by atoms with Gasteiger partial charge in [0.25, 0.3) is 5.91 Å². The predicted octanol–water partition coefficient (Wildman–Crippen LogP) is 2.01. The monoisotopic (exact) mass is 365 g/mol. The van der Waals surface area contributed by atoms with E-state index in [0.717, 1.165) is 5.56 Å². The van der Waals surface area contributed by atoms with E-state index in [2.05, 4.69) is 11.9 Å². The number of carbonyl (C=O) groups excluding carboxylic acids is 3. The molecule has 138 valence electrons. The van der Waals surface area contributed by atoms with Crippen LogP contribution in [0.4, 0.5) is 5.69 Å². The number of hydrogen-bond acceptors (Lipinski definition) is 4. The minimum absolute atomic E-state index is 0.122. The first-order valence-corrected chi connectivity index (χ1v) is 8.37. The molecule has 0 radical (unpaired) electrons. The highest BCUT2D eigenvalue weighted by Gasteiger charge is 2.31. The molecule has 1 heterocycles. The SMILES string of the molecule is C=C1c2ccccc2C(=O)N1CC(=O)Nc1ccc(OCCC(N)=O)cc1. The van der Waals surface area contributed by atoms with Crippen LogP contribution in [-0.4, -0.2) is 35.8 Å². The highest BCUT2D eigenvalue weighted by Crippen LogP contribution is 2.30. The largest absolute Gasteiger partial charge is 0.493 e. The fourth-order valence-electron chi connectivity index (χ4n) is 2.75. The Balaban J connectivity index is 1.56. The van der Waals surface area contributed by atoms with Crippen LogP contribution < -0.4 is 15.8 Å². The van der Waals surface area contributed by atoms with E-state index in [1.54, 1.807) is 36.4 Å². The van der Waals surface area contributed by atoms with Crippen molar-refractivity contribution in [2.45, 2.75) is 6.42 Å². The van der Waals surface area contributed by atoms with Crippen molar-refractivity contribution in [3.05, 3.63) is 66.2 Å². The van der Waals surface area contributed by atoms with E-state index in [1.807, 2.05) is 12.1 Å². The van der Waals surface area contributed by atoms with Crippen LogP contribution in [0.15, 0.2) is 55.1 Å². The molecule has 3 amide bonds. The summed E-state index contributed by atoms with van der Waals surface area (Å²) in [7, 11) is 0. The number of nitrogens with zero attached hydrogens (tertiary/aromatic N) is 1. The van der Waals surface area contributed by atoms with Gasteiger partial charge in [0, 0.05) is 22.5 Å². The first-order chi connectivity index (χ1) is 13.0. The minimum atomic E-state index is -0.431. The third-order valence-corrected chi connectivity index (χ3v) is 4.10. The van der Waals surface area contributed by atoms with Crippen LogP contribution in [0.5, 0.6) is 5.75 Å². The summed E-state index contributed by atoms with van der Waals surface area (Å²) in [6, 6.07) is 13.8. The first-order valence-electron chi connectivity index (χ1n) is 8.37. The molecular formula is C20H19N3O4. The number of carbonyl (C=O) groups is 3. The topological polar surface area (TPSA) is 102 Å². The van der Waals surface area contributed by atoms with E-state index < -0.39 is 5.91 Å². The molecule has 1 aliphatic heterocycles. The van der Waals surface area contributed by atoms with Crippen molar-refractivity contribution in [2.75, 3.05) is 18.5 Å². The molecule has 0 aromatic heterocycles. The Kier molecular flexibility index (Phi) is 5.21. The van der Waals surface area contributed by atoms with Gasteiger partial charge in [-0.2, -0.15) is 0 Å². The molecule has 7 heteroatoms. The summed E-state index contributed by atoms with van der Waals surface area (Å²) in [6.45, 7) is 3.99. The summed E-state index contributed by atoms with van der Waals surface area (Å²) >= 11 is 0. The second kappa shape index (κ2) is 7.74. The Morgan fingerprint density at radius 3 is 2.37 bits per heavy atom. The van der Waals surface area contributed by atoms with Gasteiger partial charge in [-0.3, -0.25) is 19.3 Å². The molecule has 0 spiro atoms. The molecule has 2 aromatic carbocycles. The van der Waals surface area contributed by atoms with Crippen molar-refractivity contribution in [3.8, 4) is 5.75 Å². The molecule has 2 aromatic rings. The van der Waals surface area contributed by atoms with Crippen molar-refractivity contribution < 1.29 is 19.1 Å². The Morgan fingerprint density at radius 2 is 1.74 bits per heavy atom. The Bertz CT molecular complexity index is 871. The van der Waals surface area contributed by atoms with E-state index in [9.17, 15) is 14.4 Å². The minimum Gasteiger partial charge on any atom is -0.493 e. The number of nitrogens with one attached hydrogen (secondary N) is 1. The zero-order valence-electron chi connectivity index (χ0n) is 14.6. The molecular weight excluding hydrogens is 346 g/mol. The molecule has 3 rings (SSSR count). The zero-order valence-corrected chi connectivity index (χ0v) is 14.6. The molecule has 7 nitrogen and oxygen atoms in total. The summed E-state index contributed by atoms with van der Waals surface area (Å²) in [6.07, 6.45) is 0.134. The molecule has 1 aliphatic rings. The summed E-state index contributed by atoms with van der Waals surface area (Å²) in [5, 5.41) is 2.73. The number of amides is 3. The van der Waals surface area contributed by atoms with Gasteiger partial charge in [0.1, 0.15) is 12.3 Å². The number of ether oxygens (including phenoxy) is 1. The normalized spacial score (nSPS) is 12.7. The third kappa shape index (κ3) is 4.14. The smallest absolute Gasteiger partial charge is 0.259 e. The maximum atomic E-state index is 12.4. The molecule has 0 atom stereocenters. The van der Waals surface area contributed by atoms with Gasteiger partial charge < -0.3 is 15.8 Å². The van der Waals surface area contributed by atoms with Crippen LogP contribution >= 0.6 is 0 Å². The van der Waals surface area contributed by atoms with Crippen molar-refractivity contribution in [1.29, 1.82) is 0 Å². The van der Waals surface area contributed by atoms with E-state index in [4.69, 9.17) is 10.5 Å². The van der Waals surface area contributed by atoms with Gasteiger partial charge in [0.2, 0.25) is 11.8 Å². The summed E-state index contributed by atoms with van der Waals surface area (Å²) < 4.78 is 5.37. The zero-order chi connectivity index (χ0) is 19.4. The van der Waals surface area contributed by atoms with Gasteiger partial charge in [-0.1, -0.05) is 24.8 Å². The van der Waals surface area contributed by atoms with Gasteiger partial charge in [-0.25, -0.2) is 0 Å². The third-order valence-electron chi connectivity index (χ3n) is 4.10. The molecule has 0 bridgehead atoms. The molecule has 27 heavy (non-hydrogen) atoms. The van der Waals surface area contributed by atoms with Crippen molar-refractivity contribution >= 4 is 29.1 Å². The lowest BCUT2D eigenvalue weighted by molar-refractivity contribution is -0.118. The van der Waals surface area contributed by atoms with Crippen LogP contribution in [0.1, 0.15) is 22.3 Å². The second-order valence-electron chi connectivity index (χ2n) is 6.02. The van der Waals surface area contributed by atoms with Crippen molar-refractivity contribution in [2.24, 2.45) is 5.73 Å². The first kappa shape index (κ1) is 18.2. The van der Waals surface area contributed by atoms with Gasteiger partial charge >= 0.3 is 0 Å². The Morgan fingerprint density at radius 1 is 1.07 bits per heavy atom. The number of hydrogen-bond donors (Lipinski definition) is 2. The van der Waals surface area contributed by atoms with Crippen molar-refractivity contribution in [1.82, 2.24) is 4.90 Å². The number of primary amides is 1. The van der Waals surface area contributed by atoms with Crippen LogP contribution in [0.2, 0.25) is 0 Å². The van der Waals surface area contributed by atoms with Gasteiger partial charge in [-0.15, -0.1) is 0 Å². The van der Waals surface area contributed by atoms with Crippen molar-refractivity contribution in [3.63, 3.8) is 0 Å². The number of rotatable bonds is 7. The molecule has 3 N–H and O–H groups in total. The Labute approximate surface area is 156 Å². The van der Waals surface area contributed by atoms with E-state index in [-0.39, 0.29) is 31.4 Å². The second-order valence-corrected chi connectivity index (χ2v) is 6.02. The van der Waals surface area contributed by atoms with E-state index in [1.165, 1.54) is 4.90 Å². The Hall–Kier alpha value is -3.61. The number of benzene rings is 2. The lowest BCUT2D eigenvalue weighted by atomic mass is 10.1. The summed E-state index contributed by atoms with van der Waals surface area (Å²) in [5.74, 6) is -0.435. The van der Waals surface area contributed by atoms with Crippen LogP contribution in [0.3, 0.4) is 0 Å². The standard InChI is InChI=1S/C20H19N3O4/c1-13-16-4-2-3-5-17(16)20(26)23(13)12-19(25)22-14-6-8-15(9-7-14)27-11-10-18(21)24/h2-9H,1,10-12H2,(H2,21,24)(H,22,25).